The van der Waals surface area contributed by atoms with Crippen molar-refractivity contribution in [1.82, 2.24) is 9.55 Å². The molecule has 1 rings (SSSR count). The van der Waals surface area contributed by atoms with E-state index in [2.05, 4.69) is 11.9 Å². The Labute approximate surface area is 79.4 Å². The van der Waals surface area contributed by atoms with Crippen molar-refractivity contribution in [2.24, 2.45) is 7.05 Å². The van der Waals surface area contributed by atoms with Crippen LogP contribution in [-0.2, 0) is 12.6 Å². The van der Waals surface area contributed by atoms with E-state index < -0.39 is 5.60 Å². The van der Waals surface area contributed by atoms with E-state index in [1.54, 1.807) is 6.20 Å². The molecule has 0 fully saturated rings. The number of aromatic nitrogens is 2. The van der Waals surface area contributed by atoms with E-state index in [-0.39, 0.29) is 0 Å². The third-order valence-corrected chi connectivity index (χ3v) is 2.51. The number of hydrogen-bond donors (Lipinski definition) is 1. The molecule has 74 valence electrons. The second-order valence-corrected chi connectivity index (χ2v) is 3.77. The predicted molar refractivity (Wildman–Crippen MR) is 52.4 cm³/mol. The maximum Gasteiger partial charge on any atom is 0.105 e. The van der Waals surface area contributed by atoms with Crippen LogP contribution in [0.5, 0.6) is 0 Å². The van der Waals surface area contributed by atoms with Crippen molar-refractivity contribution in [1.29, 1.82) is 0 Å². The van der Waals surface area contributed by atoms with E-state index in [4.69, 9.17) is 0 Å². The minimum atomic E-state index is -0.745. The number of hydrogen-bond acceptors (Lipinski definition) is 2. The number of imidazole rings is 1. The molecule has 1 heterocycles. The molecule has 3 nitrogen and oxygen atoms in total. The Kier molecular flexibility index (Phi) is 2.76. The van der Waals surface area contributed by atoms with Gasteiger partial charge in [-0.05, 0) is 20.3 Å². The molecule has 0 amide bonds. The lowest BCUT2D eigenvalue weighted by Gasteiger charge is -2.23. The number of rotatable bonds is 3. The van der Waals surface area contributed by atoms with Crippen LogP contribution in [0.2, 0.25) is 0 Å². The fourth-order valence-corrected chi connectivity index (χ4v) is 1.62. The molecule has 1 N–H and O–H groups in total. The Hall–Kier alpha value is -0.830. The summed E-state index contributed by atoms with van der Waals surface area (Å²) in [7, 11) is 1.93. The normalized spacial score (nSPS) is 15.8. The first kappa shape index (κ1) is 10.3. The maximum absolute atomic E-state index is 10.1. The van der Waals surface area contributed by atoms with E-state index in [0.29, 0.717) is 0 Å². The van der Waals surface area contributed by atoms with Crippen LogP contribution in [0.4, 0.5) is 0 Å². The molecule has 1 aromatic heterocycles. The third-order valence-electron chi connectivity index (χ3n) is 2.51. The zero-order chi connectivity index (χ0) is 10.1. The van der Waals surface area contributed by atoms with Gasteiger partial charge in [-0.2, -0.15) is 0 Å². The first-order valence-corrected chi connectivity index (χ1v) is 4.70. The van der Waals surface area contributed by atoms with Gasteiger partial charge in [-0.1, -0.05) is 13.3 Å². The van der Waals surface area contributed by atoms with Gasteiger partial charge in [-0.25, -0.2) is 4.98 Å². The highest BCUT2D eigenvalue weighted by Gasteiger charge is 2.25. The van der Waals surface area contributed by atoms with Gasteiger partial charge in [0.05, 0.1) is 11.9 Å². The lowest BCUT2D eigenvalue weighted by molar-refractivity contribution is 0.0395. The van der Waals surface area contributed by atoms with Crippen LogP contribution in [0.1, 0.15) is 38.2 Å². The highest BCUT2D eigenvalue weighted by molar-refractivity contribution is 5.11. The maximum atomic E-state index is 10.1. The summed E-state index contributed by atoms with van der Waals surface area (Å²) in [6.45, 7) is 5.84. The van der Waals surface area contributed by atoms with E-state index in [1.165, 1.54) is 0 Å². The van der Waals surface area contributed by atoms with Gasteiger partial charge < -0.3 is 9.67 Å². The molecule has 0 aliphatic carbocycles. The molecule has 3 heteroatoms. The second kappa shape index (κ2) is 3.50. The highest BCUT2D eigenvalue weighted by atomic mass is 16.3. The monoisotopic (exact) mass is 182 g/mol. The molecule has 0 saturated carbocycles. The Morgan fingerprint density at radius 2 is 2.23 bits per heavy atom. The zero-order valence-corrected chi connectivity index (χ0v) is 8.83. The van der Waals surface area contributed by atoms with Gasteiger partial charge in [-0.15, -0.1) is 0 Å². The van der Waals surface area contributed by atoms with Crippen molar-refractivity contribution in [2.75, 3.05) is 0 Å². The summed E-state index contributed by atoms with van der Waals surface area (Å²) in [5.41, 5.74) is 0.150. The lowest BCUT2D eigenvalue weighted by Crippen LogP contribution is -2.24. The van der Waals surface area contributed by atoms with Crippen molar-refractivity contribution in [3.05, 3.63) is 17.7 Å². The third kappa shape index (κ3) is 1.91. The van der Waals surface area contributed by atoms with Gasteiger partial charge in [0, 0.05) is 7.05 Å². The molecule has 0 aromatic carbocycles. The molecule has 0 spiro atoms. The Balaban J connectivity index is 2.99. The molecule has 0 radical (unpaired) electrons. The lowest BCUT2D eigenvalue weighted by atomic mass is 9.97. The van der Waals surface area contributed by atoms with Crippen LogP contribution in [0.15, 0.2) is 6.20 Å². The van der Waals surface area contributed by atoms with Crippen molar-refractivity contribution < 1.29 is 5.11 Å². The number of nitrogens with zero attached hydrogens (tertiary/aromatic N) is 2. The quantitative estimate of drug-likeness (QED) is 0.773. The van der Waals surface area contributed by atoms with Gasteiger partial charge in [0.2, 0.25) is 0 Å². The summed E-state index contributed by atoms with van der Waals surface area (Å²) >= 11 is 0. The average Bonchev–Trinajstić information content (AvgIpc) is 2.33. The van der Waals surface area contributed by atoms with Gasteiger partial charge in [0.15, 0.2) is 0 Å². The minimum absolute atomic E-state index is 0.745. The standard InChI is InChI=1S/C10H18N2O/c1-5-6-10(3,13)9-7-11-8(2)12(9)4/h7,13H,5-6H2,1-4H3. The van der Waals surface area contributed by atoms with Crippen LogP contribution >= 0.6 is 0 Å². The minimum Gasteiger partial charge on any atom is -0.384 e. The summed E-state index contributed by atoms with van der Waals surface area (Å²) in [5, 5.41) is 10.1. The SMILES string of the molecule is CCCC(C)(O)c1cnc(C)n1C. The van der Waals surface area contributed by atoms with Gasteiger partial charge in [0.25, 0.3) is 0 Å². The predicted octanol–water partition coefficient (Wildman–Crippen LogP) is 1.74. The Morgan fingerprint density at radius 1 is 1.62 bits per heavy atom. The van der Waals surface area contributed by atoms with Crippen molar-refractivity contribution in [2.45, 2.75) is 39.2 Å². The Morgan fingerprint density at radius 3 is 2.62 bits per heavy atom. The highest BCUT2D eigenvalue weighted by Crippen LogP contribution is 2.25. The fourth-order valence-electron chi connectivity index (χ4n) is 1.62. The Bertz CT molecular complexity index is 289. The van der Waals surface area contributed by atoms with Crippen LogP contribution in [-0.4, -0.2) is 14.7 Å². The molecule has 0 saturated heterocycles. The number of aliphatic hydroxyl groups is 1. The molecule has 0 aliphatic rings. The van der Waals surface area contributed by atoms with E-state index in [1.807, 2.05) is 25.5 Å². The molecular weight excluding hydrogens is 164 g/mol. The molecule has 13 heavy (non-hydrogen) atoms. The summed E-state index contributed by atoms with van der Waals surface area (Å²) in [6.07, 6.45) is 3.49. The largest absolute Gasteiger partial charge is 0.384 e. The molecular formula is C10H18N2O. The zero-order valence-electron chi connectivity index (χ0n) is 8.83. The van der Waals surface area contributed by atoms with Crippen molar-refractivity contribution in [3.8, 4) is 0 Å². The average molecular weight is 182 g/mol. The molecule has 0 aliphatic heterocycles. The van der Waals surface area contributed by atoms with Gasteiger partial charge >= 0.3 is 0 Å². The fraction of sp³-hybridized carbons (Fsp3) is 0.700. The second-order valence-electron chi connectivity index (χ2n) is 3.77. The van der Waals surface area contributed by atoms with Crippen molar-refractivity contribution in [3.63, 3.8) is 0 Å². The van der Waals surface area contributed by atoms with Gasteiger partial charge in [-0.3, -0.25) is 0 Å². The summed E-state index contributed by atoms with van der Waals surface area (Å²) in [4.78, 5) is 4.17. The van der Waals surface area contributed by atoms with Crippen LogP contribution < -0.4 is 0 Å². The summed E-state index contributed by atoms with van der Waals surface area (Å²) in [5.74, 6) is 0.936. The molecule has 1 aromatic rings. The summed E-state index contributed by atoms with van der Waals surface area (Å²) < 4.78 is 1.94. The molecule has 1 unspecified atom stereocenters. The van der Waals surface area contributed by atoms with E-state index in [0.717, 1.165) is 24.4 Å². The van der Waals surface area contributed by atoms with E-state index >= 15 is 0 Å². The summed E-state index contributed by atoms with van der Waals surface area (Å²) in [6, 6.07) is 0. The number of aryl methyl sites for hydroxylation is 1. The molecule has 0 bridgehead atoms. The van der Waals surface area contributed by atoms with Crippen LogP contribution in [0, 0.1) is 6.92 Å². The first-order valence-electron chi connectivity index (χ1n) is 4.70. The van der Waals surface area contributed by atoms with Gasteiger partial charge in [0.1, 0.15) is 11.4 Å². The van der Waals surface area contributed by atoms with E-state index in [9.17, 15) is 5.11 Å². The smallest absolute Gasteiger partial charge is 0.105 e. The first-order chi connectivity index (χ1) is 5.99. The van der Waals surface area contributed by atoms with Crippen LogP contribution in [0.25, 0.3) is 0 Å². The molecule has 1 atom stereocenters. The van der Waals surface area contributed by atoms with Crippen molar-refractivity contribution >= 4 is 0 Å². The van der Waals surface area contributed by atoms with Crippen LogP contribution in [0.3, 0.4) is 0 Å². The topological polar surface area (TPSA) is 38.1 Å².